The van der Waals surface area contributed by atoms with E-state index in [2.05, 4.69) is 15.0 Å². The zero-order chi connectivity index (χ0) is 15.0. The van der Waals surface area contributed by atoms with Gasteiger partial charge in [0.1, 0.15) is 4.90 Å². The van der Waals surface area contributed by atoms with Gasteiger partial charge >= 0.3 is 0 Å². The lowest BCUT2D eigenvalue weighted by molar-refractivity contribution is 0.591. The van der Waals surface area contributed by atoms with E-state index < -0.39 is 10.0 Å². The Morgan fingerprint density at radius 1 is 1.24 bits per heavy atom. The molecule has 0 amide bonds. The molecule has 0 radical (unpaired) electrons. The number of rotatable bonds is 2. The number of aliphatic imine (C=N–C) groups is 1. The maximum absolute atomic E-state index is 12.4. The molecule has 0 spiro atoms. The third kappa shape index (κ3) is 2.90. The molecular formula is C15H21N3O2S. The molecule has 1 aromatic rings. The molecule has 1 saturated carbocycles. The number of guanidine groups is 1. The summed E-state index contributed by atoms with van der Waals surface area (Å²) in [6.07, 6.45) is 4.41. The summed E-state index contributed by atoms with van der Waals surface area (Å²) in [4.78, 5) is 4.81. The quantitative estimate of drug-likeness (QED) is 0.882. The second-order valence-electron chi connectivity index (χ2n) is 6.06. The Hall–Kier alpha value is -1.56. The third-order valence-corrected chi connectivity index (χ3v) is 5.46. The fraction of sp³-hybridized carbons (Fsp3) is 0.533. The van der Waals surface area contributed by atoms with Gasteiger partial charge in [-0.25, -0.2) is 18.1 Å². The van der Waals surface area contributed by atoms with Crippen molar-refractivity contribution in [2.24, 2.45) is 4.99 Å². The molecule has 0 saturated heterocycles. The molecule has 1 aliphatic heterocycles. The van der Waals surface area contributed by atoms with Gasteiger partial charge in [-0.05, 0) is 36.5 Å². The molecule has 0 atom stereocenters. The van der Waals surface area contributed by atoms with Gasteiger partial charge in [-0.15, -0.1) is 0 Å². The zero-order valence-electron chi connectivity index (χ0n) is 12.4. The van der Waals surface area contributed by atoms with E-state index in [1.165, 1.54) is 12.8 Å². The lowest BCUT2D eigenvalue weighted by atomic mass is 10.0. The molecule has 114 valence electrons. The lowest BCUT2D eigenvalue weighted by Gasteiger charge is -2.23. The standard InChI is InChI=1S/C15H21N3O2S/c1-10(2)11-7-8-13-14(9-11)21(19,20)18-15(17-13)16-12-5-3-4-6-12/h7-10,12H,3-6H2,1-2H3,(H2,16,17,18). The molecule has 0 aromatic heterocycles. The van der Waals surface area contributed by atoms with E-state index in [-0.39, 0.29) is 6.04 Å². The van der Waals surface area contributed by atoms with Gasteiger partial charge < -0.3 is 5.32 Å². The Labute approximate surface area is 125 Å². The van der Waals surface area contributed by atoms with Gasteiger partial charge in [-0.1, -0.05) is 32.8 Å². The molecule has 2 aliphatic rings. The monoisotopic (exact) mass is 307 g/mol. The minimum Gasteiger partial charge on any atom is -0.324 e. The average Bonchev–Trinajstić information content (AvgIpc) is 2.90. The number of benzene rings is 1. The van der Waals surface area contributed by atoms with Crippen molar-refractivity contribution in [3.8, 4) is 0 Å². The topological polar surface area (TPSA) is 70.6 Å². The SMILES string of the molecule is CC(C)c1ccc2c(c1)S(=O)(=O)NC(=NC1CCCC1)N2. The van der Waals surface area contributed by atoms with Crippen molar-refractivity contribution < 1.29 is 8.42 Å². The van der Waals surface area contributed by atoms with Crippen LogP contribution in [0, 0.1) is 0 Å². The molecule has 0 unspecified atom stereocenters. The predicted octanol–water partition coefficient (Wildman–Crippen LogP) is 2.81. The first-order chi connectivity index (χ1) is 9.95. The fourth-order valence-electron chi connectivity index (χ4n) is 2.83. The van der Waals surface area contributed by atoms with Gasteiger partial charge in [0.15, 0.2) is 0 Å². The molecule has 0 bridgehead atoms. The molecule has 2 N–H and O–H groups in total. The summed E-state index contributed by atoms with van der Waals surface area (Å²) >= 11 is 0. The summed E-state index contributed by atoms with van der Waals surface area (Å²) in [5.74, 6) is 0.644. The lowest BCUT2D eigenvalue weighted by Crippen LogP contribution is -2.41. The van der Waals surface area contributed by atoms with E-state index in [4.69, 9.17) is 0 Å². The minimum absolute atomic E-state index is 0.228. The summed E-state index contributed by atoms with van der Waals surface area (Å²) in [5, 5.41) is 3.11. The van der Waals surface area contributed by atoms with Crippen LogP contribution >= 0.6 is 0 Å². The van der Waals surface area contributed by atoms with E-state index >= 15 is 0 Å². The van der Waals surface area contributed by atoms with Gasteiger partial charge in [-0.2, -0.15) is 0 Å². The number of fused-ring (bicyclic) bond motifs is 1. The number of hydrogen-bond donors (Lipinski definition) is 2. The fourth-order valence-corrected chi connectivity index (χ4v) is 4.00. The number of nitrogens with zero attached hydrogens (tertiary/aromatic N) is 1. The molecule has 3 rings (SSSR count). The van der Waals surface area contributed by atoms with E-state index in [0.29, 0.717) is 22.5 Å². The Kier molecular flexibility index (Phi) is 3.65. The van der Waals surface area contributed by atoms with Crippen molar-refractivity contribution in [1.29, 1.82) is 0 Å². The highest BCUT2D eigenvalue weighted by Crippen LogP contribution is 2.29. The summed E-state index contributed by atoms with van der Waals surface area (Å²) in [5.41, 5.74) is 1.62. The smallest absolute Gasteiger partial charge is 0.266 e. The van der Waals surface area contributed by atoms with Crippen LogP contribution < -0.4 is 10.0 Å². The van der Waals surface area contributed by atoms with Crippen LogP contribution in [0.3, 0.4) is 0 Å². The predicted molar refractivity (Wildman–Crippen MR) is 84.2 cm³/mol. The highest BCUT2D eigenvalue weighted by molar-refractivity contribution is 7.90. The third-order valence-electron chi connectivity index (χ3n) is 4.08. The highest BCUT2D eigenvalue weighted by Gasteiger charge is 2.28. The van der Waals surface area contributed by atoms with Crippen LogP contribution in [0.2, 0.25) is 0 Å². The number of anilines is 1. The average molecular weight is 307 g/mol. The molecule has 1 fully saturated rings. The minimum atomic E-state index is -3.53. The van der Waals surface area contributed by atoms with Crippen LogP contribution in [0.25, 0.3) is 0 Å². The van der Waals surface area contributed by atoms with Crippen molar-refractivity contribution in [3.63, 3.8) is 0 Å². The van der Waals surface area contributed by atoms with Crippen LogP contribution in [0.5, 0.6) is 0 Å². The molecule has 1 aliphatic carbocycles. The Bertz CT molecular complexity index is 674. The van der Waals surface area contributed by atoms with Crippen molar-refractivity contribution in [2.75, 3.05) is 5.32 Å². The summed E-state index contributed by atoms with van der Waals surface area (Å²) in [6.45, 7) is 4.09. The van der Waals surface area contributed by atoms with E-state index in [0.717, 1.165) is 18.4 Å². The van der Waals surface area contributed by atoms with Gasteiger partial charge in [0.05, 0.1) is 11.7 Å². The van der Waals surface area contributed by atoms with Crippen LogP contribution in [0.15, 0.2) is 28.1 Å². The maximum Gasteiger partial charge on any atom is 0.266 e. The van der Waals surface area contributed by atoms with Gasteiger partial charge in [0.2, 0.25) is 5.96 Å². The largest absolute Gasteiger partial charge is 0.324 e. The Balaban J connectivity index is 1.95. The molecule has 1 aromatic carbocycles. The molecule has 21 heavy (non-hydrogen) atoms. The Morgan fingerprint density at radius 2 is 1.95 bits per heavy atom. The van der Waals surface area contributed by atoms with Crippen molar-refractivity contribution in [1.82, 2.24) is 4.72 Å². The zero-order valence-corrected chi connectivity index (χ0v) is 13.2. The first-order valence-corrected chi connectivity index (χ1v) is 8.95. The maximum atomic E-state index is 12.4. The van der Waals surface area contributed by atoms with E-state index in [9.17, 15) is 8.42 Å². The van der Waals surface area contributed by atoms with E-state index in [1.54, 1.807) is 6.07 Å². The van der Waals surface area contributed by atoms with Crippen LogP contribution in [0.4, 0.5) is 5.69 Å². The second kappa shape index (κ2) is 5.33. The molecular weight excluding hydrogens is 286 g/mol. The number of hydrogen-bond acceptors (Lipinski definition) is 3. The highest BCUT2D eigenvalue weighted by atomic mass is 32.2. The first-order valence-electron chi connectivity index (χ1n) is 7.47. The summed E-state index contributed by atoms with van der Waals surface area (Å²) < 4.78 is 27.4. The number of sulfonamides is 1. The molecule has 5 nitrogen and oxygen atoms in total. The van der Waals surface area contributed by atoms with Crippen LogP contribution in [-0.2, 0) is 10.0 Å². The van der Waals surface area contributed by atoms with Gasteiger partial charge in [0.25, 0.3) is 10.0 Å². The van der Waals surface area contributed by atoms with Crippen LogP contribution in [0.1, 0.15) is 51.0 Å². The second-order valence-corrected chi connectivity index (χ2v) is 7.71. The van der Waals surface area contributed by atoms with Gasteiger partial charge in [-0.3, -0.25) is 0 Å². The van der Waals surface area contributed by atoms with E-state index in [1.807, 2.05) is 26.0 Å². The van der Waals surface area contributed by atoms with Crippen molar-refractivity contribution >= 4 is 21.7 Å². The molecule has 1 heterocycles. The van der Waals surface area contributed by atoms with Crippen molar-refractivity contribution in [2.45, 2.75) is 56.4 Å². The van der Waals surface area contributed by atoms with Crippen LogP contribution in [-0.4, -0.2) is 20.4 Å². The van der Waals surface area contributed by atoms with Crippen molar-refractivity contribution in [3.05, 3.63) is 23.8 Å². The normalized spacial score (nSPS) is 22.9. The Morgan fingerprint density at radius 3 is 2.62 bits per heavy atom. The number of nitrogens with one attached hydrogen (secondary N) is 2. The summed E-state index contributed by atoms with van der Waals surface area (Å²) in [6, 6.07) is 5.76. The molecule has 6 heteroatoms. The van der Waals surface area contributed by atoms with Gasteiger partial charge in [0, 0.05) is 0 Å². The summed E-state index contributed by atoms with van der Waals surface area (Å²) in [7, 11) is -3.53. The first kappa shape index (κ1) is 14.4.